The second kappa shape index (κ2) is 8.45. The van der Waals surface area contributed by atoms with E-state index in [0.29, 0.717) is 11.3 Å². The predicted octanol–water partition coefficient (Wildman–Crippen LogP) is 3.03. The Morgan fingerprint density at radius 1 is 1.27 bits per heavy atom. The van der Waals surface area contributed by atoms with Gasteiger partial charge in [-0.05, 0) is 31.2 Å². The Morgan fingerprint density at radius 3 is 2.62 bits per heavy atom. The van der Waals surface area contributed by atoms with Gasteiger partial charge in [0.25, 0.3) is 5.91 Å². The highest BCUT2D eigenvalue weighted by Gasteiger charge is 2.31. The van der Waals surface area contributed by atoms with Crippen LogP contribution in [0.3, 0.4) is 0 Å². The van der Waals surface area contributed by atoms with E-state index in [4.69, 9.17) is 0 Å². The minimum atomic E-state index is -0.509. The molecule has 5 nitrogen and oxygen atoms in total. The first kappa shape index (κ1) is 18.6. The lowest BCUT2D eigenvalue weighted by Crippen LogP contribution is -2.44. The van der Waals surface area contributed by atoms with E-state index in [0.717, 1.165) is 31.2 Å². The molecular weight excluding hydrogens is 346 g/mol. The molecule has 1 saturated carbocycles. The largest absolute Gasteiger partial charge is 0.344 e. The summed E-state index contributed by atoms with van der Waals surface area (Å²) >= 11 is 1.44. The zero-order chi connectivity index (χ0) is 18.5. The number of benzene rings is 1. The molecule has 0 bridgehead atoms. The number of aromatic nitrogens is 1. The number of nitrogens with zero attached hydrogens (tertiary/aromatic N) is 2. The maximum Gasteiger partial charge on any atom is 0.271 e. The molecule has 6 heteroatoms. The van der Waals surface area contributed by atoms with Crippen LogP contribution in [0.25, 0.3) is 0 Å². The summed E-state index contributed by atoms with van der Waals surface area (Å²) in [5.41, 5.74) is 2.39. The van der Waals surface area contributed by atoms with Crippen molar-refractivity contribution in [1.82, 2.24) is 9.88 Å². The van der Waals surface area contributed by atoms with Crippen LogP contribution in [0.4, 0.5) is 0 Å². The van der Waals surface area contributed by atoms with Crippen LogP contribution in [0.15, 0.2) is 40.8 Å². The van der Waals surface area contributed by atoms with E-state index in [9.17, 15) is 9.59 Å². The fourth-order valence-electron chi connectivity index (χ4n) is 3.45. The van der Waals surface area contributed by atoms with Crippen LogP contribution in [0.5, 0.6) is 0 Å². The SMILES string of the molecule is CC(=O)N[C@@H](C(=O)N=c1sccn1Cc1ccc(C)cc1)C1CCCC1. The molecule has 2 aromatic rings. The number of nitrogens with one attached hydrogen (secondary N) is 1. The predicted molar refractivity (Wildman–Crippen MR) is 103 cm³/mol. The van der Waals surface area contributed by atoms with E-state index < -0.39 is 6.04 Å². The van der Waals surface area contributed by atoms with Crippen LogP contribution >= 0.6 is 11.3 Å². The van der Waals surface area contributed by atoms with Crippen molar-refractivity contribution < 1.29 is 9.59 Å². The molecule has 1 atom stereocenters. The van der Waals surface area contributed by atoms with Crippen molar-refractivity contribution >= 4 is 23.2 Å². The second-order valence-corrected chi connectivity index (χ2v) is 7.84. The van der Waals surface area contributed by atoms with Crippen LogP contribution in [-0.2, 0) is 16.1 Å². The van der Waals surface area contributed by atoms with Gasteiger partial charge in [0, 0.05) is 25.0 Å². The number of rotatable bonds is 5. The molecule has 0 saturated heterocycles. The zero-order valence-corrected chi connectivity index (χ0v) is 16.1. The molecule has 1 aliphatic carbocycles. The van der Waals surface area contributed by atoms with Gasteiger partial charge in [0.2, 0.25) is 5.91 Å². The topological polar surface area (TPSA) is 63.5 Å². The van der Waals surface area contributed by atoms with Gasteiger partial charge in [-0.25, -0.2) is 0 Å². The van der Waals surface area contributed by atoms with Crippen molar-refractivity contribution in [3.63, 3.8) is 0 Å². The quantitative estimate of drug-likeness (QED) is 0.878. The molecule has 0 unspecified atom stereocenters. The van der Waals surface area contributed by atoms with E-state index in [-0.39, 0.29) is 17.7 Å². The first-order chi connectivity index (χ1) is 12.5. The van der Waals surface area contributed by atoms with Crippen molar-refractivity contribution in [1.29, 1.82) is 0 Å². The van der Waals surface area contributed by atoms with E-state index in [1.165, 1.54) is 23.8 Å². The summed E-state index contributed by atoms with van der Waals surface area (Å²) in [7, 11) is 0. The summed E-state index contributed by atoms with van der Waals surface area (Å²) in [5.74, 6) is -0.225. The number of amides is 2. The molecule has 2 amide bonds. The summed E-state index contributed by atoms with van der Waals surface area (Å²) in [6, 6.07) is 7.83. The Balaban J connectivity index is 1.81. The molecule has 0 radical (unpaired) electrons. The van der Waals surface area contributed by atoms with Gasteiger partial charge in [0.1, 0.15) is 6.04 Å². The zero-order valence-electron chi connectivity index (χ0n) is 15.3. The van der Waals surface area contributed by atoms with Crippen molar-refractivity contribution in [3.05, 3.63) is 51.8 Å². The number of hydrogen-bond donors (Lipinski definition) is 1. The summed E-state index contributed by atoms with van der Waals surface area (Å²) < 4.78 is 1.98. The average Bonchev–Trinajstić information content (AvgIpc) is 3.27. The standard InChI is InChI=1S/C20H25N3O2S/c1-14-7-9-16(10-8-14)13-23-11-12-26-20(23)22-19(25)18(21-15(2)24)17-5-3-4-6-17/h7-12,17-18H,3-6,13H2,1-2H3,(H,21,24)/t18-/m1/s1. The van der Waals surface area contributed by atoms with Gasteiger partial charge in [-0.3, -0.25) is 9.59 Å². The van der Waals surface area contributed by atoms with Crippen LogP contribution in [0.1, 0.15) is 43.7 Å². The van der Waals surface area contributed by atoms with E-state index in [1.807, 2.05) is 16.1 Å². The fourth-order valence-corrected chi connectivity index (χ4v) is 4.19. The van der Waals surface area contributed by atoms with Gasteiger partial charge >= 0.3 is 0 Å². The van der Waals surface area contributed by atoms with E-state index in [2.05, 4.69) is 41.5 Å². The second-order valence-electron chi connectivity index (χ2n) is 6.97. The third-order valence-electron chi connectivity index (χ3n) is 4.84. The Morgan fingerprint density at radius 2 is 1.96 bits per heavy atom. The fraction of sp³-hybridized carbons (Fsp3) is 0.450. The van der Waals surface area contributed by atoms with Crippen molar-refractivity contribution in [3.8, 4) is 0 Å². The maximum absolute atomic E-state index is 12.8. The molecule has 26 heavy (non-hydrogen) atoms. The smallest absolute Gasteiger partial charge is 0.271 e. The Bertz CT molecular complexity index is 829. The number of carbonyl (C=O) groups excluding carboxylic acids is 2. The monoisotopic (exact) mass is 371 g/mol. The highest BCUT2D eigenvalue weighted by atomic mass is 32.1. The van der Waals surface area contributed by atoms with Gasteiger partial charge in [-0.1, -0.05) is 42.7 Å². The molecule has 1 fully saturated rings. The van der Waals surface area contributed by atoms with Crippen molar-refractivity contribution in [2.24, 2.45) is 10.9 Å². The molecule has 0 aliphatic heterocycles. The summed E-state index contributed by atoms with van der Waals surface area (Å²) in [5, 5.41) is 4.76. The first-order valence-corrected chi connectivity index (χ1v) is 9.96. The van der Waals surface area contributed by atoms with Crippen LogP contribution in [-0.4, -0.2) is 22.4 Å². The van der Waals surface area contributed by atoms with Gasteiger partial charge < -0.3 is 9.88 Å². The molecule has 138 valence electrons. The van der Waals surface area contributed by atoms with Gasteiger partial charge in [-0.15, -0.1) is 11.3 Å². The molecule has 0 spiro atoms. The molecule has 1 aliphatic rings. The minimum absolute atomic E-state index is 0.177. The van der Waals surface area contributed by atoms with E-state index in [1.54, 1.807) is 0 Å². The average molecular weight is 372 g/mol. The highest BCUT2D eigenvalue weighted by molar-refractivity contribution is 7.07. The van der Waals surface area contributed by atoms with Crippen LogP contribution in [0.2, 0.25) is 0 Å². The first-order valence-electron chi connectivity index (χ1n) is 9.08. The lowest BCUT2D eigenvalue weighted by atomic mass is 9.97. The third kappa shape index (κ3) is 4.69. The third-order valence-corrected chi connectivity index (χ3v) is 5.63. The number of carbonyl (C=O) groups is 2. The lowest BCUT2D eigenvalue weighted by molar-refractivity contribution is -0.127. The van der Waals surface area contributed by atoms with Gasteiger partial charge in [0.15, 0.2) is 4.80 Å². The molecule has 1 aromatic heterocycles. The summed E-state index contributed by atoms with van der Waals surface area (Å²) in [6.45, 7) is 4.19. The van der Waals surface area contributed by atoms with E-state index >= 15 is 0 Å². The molecular formula is C20H25N3O2S. The number of aryl methyl sites for hydroxylation is 1. The Kier molecular flexibility index (Phi) is 6.04. The summed E-state index contributed by atoms with van der Waals surface area (Å²) in [4.78, 5) is 29.4. The minimum Gasteiger partial charge on any atom is -0.344 e. The van der Waals surface area contributed by atoms with Gasteiger partial charge in [-0.2, -0.15) is 4.99 Å². The van der Waals surface area contributed by atoms with Crippen molar-refractivity contribution in [2.45, 2.75) is 52.1 Å². The molecule has 1 aromatic carbocycles. The van der Waals surface area contributed by atoms with Gasteiger partial charge in [0.05, 0.1) is 0 Å². The maximum atomic E-state index is 12.8. The normalized spacial score (nSPS) is 16.6. The molecule has 1 heterocycles. The van der Waals surface area contributed by atoms with Crippen LogP contribution < -0.4 is 10.1 Å². The Hall–Kier alpha value is -2.21. The molecule has 3 rings (SSSR count). The van der Waals surface area contributed by atoms with Crippen LogP contribution in [0, 0.1) is 12.8 Å². The molecule has 1 N–H and O–H groups in total. The number of hydrogen-bond acceptors (Lipinski definition) is 3. The number of thiazole rings is 1. The van der Waals surface area contributed by atoms with Crippen molar-refractivity contribution in [2.75, 3.05) is 0 Å². The Labute approximate surface area is 157 Å². The summed E-state index contributed by atoms with van der Waals surface area (Å²) in [6.07, 6.45) is 6.11. The highest BCUT2D eigenvalue weighted by Crippen LogP contribution is 2.28. The lowest BCUT2D eigenvalue weighted by Gasteiger charge is -2.20.